The summed E-state index contributed by atoms with van der Waals surface area (Å²) in [5, 5.41) is 4.68. The minimum Gasteiger partial charge on any atom is -0.473 e. The lowest BCUT2D eigenvalue weighted by Crippen LogP contribution is -2.25. The zero-order valence-corrected chi connectivity index (χ0v) is 23.0. The standard InChI is InChI=1S/C27H29ClN6O3S/c1-18-6-4-7-19(2)26(18)24-13-25(31-27(30-24)32-38(35,36)23-14-29-33(3)17-23)37-22-10-11-34(16-22)15-20-8-5-9-21(28)12-20/h4-9,12-14,17,22H,10-11,15-16H2,1-3H3,(H,30,31,32). The minimum absolute atomic E-state index is 0.0241. The van der Waals surface area contributed by atoms with Crippen molar-refractivity contribution in [3.63, 3.8) is 0 Å². The molecule has 1 fully saturated rings. The Morgan fingerprint density at radius 1 is 1.11 bits per heavy atom. The van der Waals surface area contributed by atoms with Gasteiger partial charge in [0.1, 0.15) is 11.0 Å². The van der Waals surface area contributed by atoms with Crippen LogP contribution in [0.4, 0.5) is 5.95 Å². The number of nitrogens with zero attached hydrogens (tertiary/aromatic N) is 5. The molecule has 1 atom stereocenters. The molecule has 1 unspecified atom stereocenters. The fourth-order valence-electron chi connectivity index (χ4n) is 4.70. The second-order valence-electron chi connectivity index (χ2n) is 9.53. The van der Waals surface area contributed by atoms with E-state index >= 15 is 0 Å². The highest BCUT2D eigenvalue weighted by Crippen LogP contribution is 2.30. The van der Waals surface area contributed by atoms with Crippen molar-refractivity contribution in [3.8, 4) is 17.1 Å². The predicted octanol–water partition coefficient (Wildman–Crippen LogP) is 4.60. The summed E-state index contributed by atoms with van der Waals surface area (Å²) in [6.45, 7) is 6.34. The quantitative estimate of drug-likeness (QED) is 0.341. The summed E-state index contributed by atoms with van der Waals surface area (Å²) in [4.78, 5) is 11.3. The number of anilines is 1. The van der Waals surface area contributed by atoms with Crippen molar-refractivity contribution in [1.29, 1.82) is 0 Å². The lowest BCUT2D eigenvalue weighted by Gasteiger charge is -2.18. The molecular weight excluding hydrogens is 524 g/mol. The highest BCUT2D eigenvalue weighted by atomic mass is 35.5. The monoisotopic (exact) mass is 552 g/mol. The molecule has 0 amide bonds. The van der Waals surface area contributed by atoms with Crippen molar-refractivity contribution in [2.45, 2.75) is 37.8 Å². The smallest absolute Gasteiger partial charge is 0.267 e. The molecule has 198 valence electrons. The lowest BCUT2D eigenvalue weighted by atomic mass is 10.00. The van der Waals surface area contributed by atoms with Crippen molar-refractivity contribution in [1.82, 2.24) is 24.6 Å². The number of aromatic nitrogens is 4. The molecule has 4 aromatic rings. The molecule has 0 radical (unpaired) electrons. The van der Waals surface area contributed by atoms with Crippen LogP contribution in [-0.4, -0.2) is 52.3 Å². The second kappa shape index (κ2) is 10.7. The van der Waals surface area contributed by atoms with Crippen LogP contribution >= 0.6 is 11.6 Å². The van der Waals surface area contributed by atoms with Crippen LogP contribution in [0.25, 0.3) is 11.3 Å². The fraction of sp³-hybridized carbons (Fsp3) is 0.296. The van der Waals surface area contributed by atoms with Crippen molar-refractivity contribution < 1.29 is 13.2 Å². The molecule has 1 aliphatic heterocycles. The van der Waals surface area contributed by atoms with Gasteiger partial charge in [0.15, 0.2) is 0 Å². The van der Waals surface area contributed by atoms with Crippen LogP contribution in [0.5, 0.6) is 5.88 Å². The van der Waals surface area contributed by atoms with Crippen LogP contribution in [0.15, 0.2) is 65.8 Å². The number of hydrogen-bond acceptors (Lipinski definition) is 7. The molecule has 1 aliphatic rings. The summed E-state index contributed by atoms with van der Waals surface area (Å²) in [5.74, 6) is 0.258. The molecular formula is C27H29ClN6O3S. The maximum absolute atomic E-state index is 13.0. The van der Waals surface area contributed by atoms with Gasteiger partial charge in [-0.15, -0.1) is 0 Å². The van der Waals surface area contributed by atoms with Crippen LogP contribution in [0.3, 0.4) is 0 Å². The number of nitrogens with one attached hydrogen (secondary N) is 1. The van der Waals surface area contributed by atoms with E-state index in [1.54, 1.807) is 13.1 Å². The molecule has 2 aromatic heterocycles. The summed E-state index contributed by atoms with van der Waals surface area (Å²) < 4.78 is 36.2. The third kappa shape index (κ3) is 5.98. The van der Waals surface area contributed by atoms with Crippen LogP contribution in [0, 0.1) is 13.8 Å². The molecule has 1 N–H and O–H groups in total. The third-order valence-electron chi connectivity index (χ3n) is 6.47. The Bertz CT molecular complexity index is 1550. The second-order valence-corrected chi connectivity index (χ2v) is 11.6. The molecule has 0 saturated carbocycles. The van der Waals surface area contributed by atoms with Gasteiger partial charge in [-0.2, -0.15) is 10.1 Å². The van der Waals surface area contributed by atoms with E-state index in [-0.39, 0.29) is 16.9 Å². The van der Waals surface area contributed by atoms with Gasteiger partial charge in [0.05, 0.1) is 11.9 Å². The van der Waals surface area contributed by atoms with Crippen molar-refractivity contribution in [2.75, 3.05) is 17.8 Å². The molecule has 0 spiro atoms. The summed E-state index contributed by atoms with van der Waals surface area (Å²) in [5.41, 5.74) is 4.68. The van der Waals surface area contributed by atoms with Crippen LogP contribution in [-0.2, 0) is 23.6 Å². The first-order valence-corrected chi connectivity index (χ1v) is 14.1. The summed E-state index contributed by atoms with van der Waals surface area (Å²) >= 11 is 6.14. The Balaban J connectivity index is 1.41. The number of halogens is 1. The average Bonchev–Trinajstić information content (AvgIpc) is 3.48. The van der Waals surface area contributed by atoms with Gasteiger partial charge in [-0.3, -0.25) is 9.58 Å². The highest BCUT2D eigenvalue weighted by molar-refractivity contribution is 7.92. The molecule has 5 rings (SSSR count). The van der Waals surface area contributed by atoms with Crippen LogP contribution < -0.4 is 9.46 Å². The predicted molar refractivity (Wildman–Crippen MR) is 147 cm³/mol. The topological polar surface area (TPSA) is 102 Å². The van der Waals surface area contributed by atoms with E-state index in [2.05, 4.69) is 30.8 Å². The first-order valence-electron chi connectivity index (χ1n) is 12.3. The Labute approximate surface area is 227 Å². The van der Waals surface area contributed by atoms with Crippen molar-refractivity contribution in [2.24, 2.45) is 7.05 Å². The van der Waals surface area contributed by atoms with Gasteiger partial charge in [-0.25, -0.2) is 18.1 Å². The number of sulfonamides is 1. The van der Waals surface area contributed by atoms with E-state index in [4.69, 9.17) is 16.3 Å². The van der Waals surface area contributed by atoms with Crippen LogP contribution in [0.1, 0.15) is 23.1 Å². The van der Waals surface area contributed by atoms with Crippen LogP contribution in [0.2, 0.25) is 5.02 Å². The van der Waals surface area contributed by atoms with Crippen molar-refractivity contribution >= 4 is 27.6 Å². The van der Waals surface area contributed by atoms with E-state index in [1.165, 1.54) is 17.1 Å². The fourth-order valence-corrected chi connectivity index (χ4v) is 5.84. The molecule has 2 aromatic carbocycles. The lowest BCUT2D eigenvalue weighted by molar-refractivity contribution is 0.191. The minimum atomic E-state index is -3.94. The Morgan fingerprint density at radius 2 is 1.87 bits per heavy atom. The SMILES string of the molecule is Cc1cccc(C)c1-c1cc(OC2CCN(Cc3cccc(Cl)c3)C2)nc(NS(=O)(=O)c2cnn(C)c2)n1. The summed E-state index contributed by atoms with van der Waals surface area (Å²) in [7, 11) is -2.28. The van der Waals surface area contributed by atoms with Crippen molar-refractivity contribution in [3.05, 3.63) is 82.6 Å². The van der Waals surface area contributed by atoms with E-state index in [0.717, 1.165) is 46.8 Å². The molecule has 3 heterocycles. The van der Waals surface area contributed by atoms with Gasteiger partial charge in [-0.1, -0.05) is 41.9 Å². The zero-order chi connectivity index (χ0) is 26.9. The number of rotatable bonds is 8. The molecule has 0 aliphatic carbocycles. The number of hydrogen-bond donors (Lipinski definition) is 1. The van der Waals surface area contributed by atoms with Gasteiger partial charge < -0.3 is 4.74 Å². The third-order valence-corrected chi connectivity index (χ3v) is 7.99. The normalized spacial score (nSPS) is 16.1. The first-order chi connectivity index (χ1) is 18.2. The molecule has 11 heteroatoms. The summed E-state index contributed by atoms with van der Waals surface area (Å²) in [6.07, 6.45) is 3.42. The number of likely N-dealkylation sites (tertiary alicyclic amines) is 1. The van der Waals surface area contributed by atoms with E-state index < -0.39 is 10.0 Å². The molecule has 38 heavy (non-hydrogen) atoms. The maximum atomic E-state index is 13.0. The van der Waals surface area contributed by atoms with Gasteiger partial charge in [-0.05, 0) is 49.1 Å². The zero-order valence-electron chi connectivity index (χ0n) is 21.4. The highest BCUT2D eigenvalue weighted by Gasteiger charge is 2.26. The molecule has 1 saturated heterocycles. The number of aryl methyl sites for hydroxylation is 3. The molecule has 9 nitrogen and oxygen atoms in total. The Hall–Kier alpha value is -3.47. The largest absolute Gasteiger partial charge is 0.473 e. The van der Waals surface area contributed by atoms with E-state index in [9.17, 15) is 8.42 Å². The number of benzene rings is 2. The van der Waals surface area contributed by atoms with Gasteiger partial charge in [0.25, 0.3) is 10.0 Å². The first kappa shape index (κ1) is 26.1. The average molecular weight is 553 g/mol. The Morgan fingerprint density at radius 3 is 2.58 bits per heavy atom. The summed E-state index contributed by atoms with van der Waals surface area (Å²) in [6, 6.07) is 15.6. The van der Waals surface area contributed by atoms with Gasteiger partial charge in [0, 0.05) is 49.5 Å². The van der Waals surface area contributed by atoms with E-state index in [1.807, 2.05) is 50.2 Å². The maximum Gasteiger partial charge on any atom is 0.267 e. The van der Waals surface area contributed by atoms with E-state index in [0.29, 0.717) is 18.1 Å². The molecule has 0 bridgehead atoms. The van der Waals surface area contributed by atoms with Gasteiger partial charge in [0.2, 0.25) is 11.8 Å². The Kier molecular flexibility index (Phi) is 7.38. The van der Waals surface area contributed by atoms with Gasteiger partial charge >= 0.3 is 0 Å². The number of ether oxygens (including phenoxy) is 1.